The average Bonchev–Trinajstić information content (AvgIpc) is 2.65. The van der Waals surface area contributed by atoms with Gasteiger partial charge in [0.05, 0.1) is 12.2 Å². The van der Waals surface area contributed by atoms with Crippen LogP contribution in [0.25, 0.3) is 0 Å². The summed E-state index contributed by atoms with van der Waals surface area (Å²) in [6.45, 7) is 1.38. The smallest absolute Gasteiger partial charge is 0.339 e. The maximum Gasteiger partial charge on any atom is 0.339 e. The fourth-order valence-electron chi connectivity index (χ4n) is 2.24. The van der Waals surface area contributed by atoms with E-state index in [4.69, 9.17) is 14.9 Å². The third-order valence-corrected chi connectivity index (χ3v) is 3.50. The third kappa shape index (κ3) is 6.89. The second kappa shape index (κ2) is 10.2. The van der Waals surface area contributed by atoms with Crippen molar-refractivity contribution < 1.29 is 33.6 Å². The molecule has 9 heteroatoms. The zero-order valence-corrected chi connectivity index (χ0v) is 15.9. The van der Waals surface area contributed by atoms with E-state index in [-0.39, 0.29) is 35.3 Å². The Labute approximate surface area is 166 Å². The molecular weight excluding hydrogens is 384 g/mol. The van der Waals surface area contributed by atoms with Crippen LogP contribution < -0.4 is 25.5 Å². The van der Waals surface area contributed by atoms with E-state index in [1.165, 1.54) is 30.5 Å². The largest absolute Gasteiger partial charge is 0.488 e. The van der Waals surface area contributed by atoms with Gasteiger partial charge in [-0.1, -0.05) is 0 Å². The predicted molar refractivity (Wildman–Crippen MR) is 103 cm³/mol. The van der Waals surface area contributed by atoms with Crippen molar-refractivity contribution in [1.29, 1.82) is 0 Å². The Bertz CT molecular complexity index is 898. The highest BCUT2D eigenvalue weighted by molar-refractivity contribution is 6.08. The summed E-state index contributed by atoms with van der Waals surface area (Å²) < 4.78 is 37.9. The number of amidine groups is 1. The number of nitrogens with one attached hydrogen (secondary N) is 2. The maximum absolute atomic E-state index is 13.4. The molecule has 0 heterocycles. The van der Waals surface area contributed by atoms with Crippen molar-refractivity contribution in [2.75, 3.05) is 13.7 Å². The summed E-state index contributed by atoms with van der Waals surface area (Å²) in [6.07, 6.45) is 2.44. The lowest BCUT2D eigenvalue weighted by atomic mass is 10.1. The fraction of sp³-hybridized carbons (Fsp3) is 0.200. The number of aliphatic hydroxyl groups is 1. The van der Waals surface area contributed by atoms with Crippen molar-refractivity contribution in [2.24, 2.45) is 0 Å². The highest BCUT2D eigenvalue weighted by atomic mass is 19.1. The van der Waals surface area contributed by atoms with Crippen molar-refractivity contribution in [1.82, 2.24) is 10.6 Å². The first-order valence-electron chi connectivity index (χ1n) is 8.65. The van der Waals surface area contributed by atoms with Gasteiger partial charge in [-0.3, -0.25) is 5.41 Å². The van der Waals surface area contributed by atoms with Gasteiger partial charge in [-0.2, -0.15) is 0 Å². The van der Waals surface area contributed by atoms with Gasteiger partial charge in [0.1, 0.15) is 35.0 Å². The van der Waals surface area contributed by atoms with Gasteiger partial charge in [0.15, 0.2) is 0 Å². The Kier molecular flexibility index (Phi) is 7.67. The minimum Gasteiger partial charge on any atom is -0.488 e. The van der Waals surface area contributed by atoms with Crippen LogP contribution >= 0.6 is 0 Å². The lowest BCUT2D eigenvalue weighted by Gasteiger charge is -2.14. The van der Waals surface area contributed by atoms with Crippen molar-refractivity contribution in [3.05, 3.63) is 65.9 Å². The zero-order chi connectivity index (χ0) is 21.4. The van der Waals surface area contributed by atoms with Crippen molar-refractivity contribution in [3.8, 4) is 17.2 Å². The molecule has 0 spiro atoms. The Balaban J connectivity index is 2.33. The topological polar surface area (TPSA) is 105 Å². The summed E-state index contributed by atoms with van der Waals surface area (Å²) in [6, 6.07) is 6.94. The molecule has 29 heavy (non-hydrogen) atoms. The van der Waals surface area contributed by atoms with E-state index in [0.29, 0.717) is 6.07 Å². The van der Waals surface area contributed by atoms with Crippen LogP contribution in [0.15, 0.2) is 48.7 Å². The quantitative estimate of drug-likeness (QED) is 0.389. The van der Waals surface area contributed by atoms with E-state index < -0.39 is 23.6 Å². The highest BCUT2D eigenvalue weighted by Crippen LogP contribution is 2.29. The van der Waals surface area contributed by atoms with Crippen molar-refractivity contribution >= 4 is 11.7 Å². The van der Waals surface area contributed by atoms with Crippen LogP contribution in [0, 0.1) is 11.6 Å². The number of amides is 1. The molecule has 0 saturated heterocycles. The molecule has 0 bridgehead atoms. The first-order chi connectivity index (χ1) is 13.8. The summed E-state index contributed by atoms with van der Waals surface area (Å²) in [4.78, 5) is 12.5. The Hall–Kier alpha value is -3.46. The van der Waals surface area contributed by atoms with E-state index in [1.54, 1.807) is 14.0 Å². The number of carbonyl (C=O) groups is 1. The second-order valence-corrected chi connectivity index (χ2v) is 6.04. The van der Waals surface area contributed by atoms with Gasteiger partial charge >= 0.3 is 5.91 Å². The molecule has 2 aromatic rings. The molecule has 0 aliphatic carbocycles. The molecule has 7 nitrogen and oxygen atoms in total. The van der Waals surface area contributed by atoms with Crippen LogP contribution in [0.3, 0.4) is 0 Å². The van der Waals surface area contributed by atoms with Gasteiger partial charge in [-0.25, -0.2) is 18.9 Å². The lowest BCUT2D eigenvalue weighted by Crippen LogP contribution is -2.49. The molecule has 0 aromatic heterocycles. The number of carbonyl (C=O) groups excluding carboxylic acids is 1. The second-order valence-electron chi connectivity index (χ2n) is 6.04. The number of rotatable bonds is 8. The molecule has 0 aliphatic rings. The molecule has 0 radical (unpaired) electrons. The van der Waals surface area contributed by atoms with Gasteiger partial charge in [0.2, 0.25) is 0 Å². The summed E-state index contributed by atoms with van der Waals surface area (Å²) >= 11 is 0. The molecule has 1 amide bonds. The zero-order valence-electron chi connectivity index (χ0n) is 15.9. The number of hydrogen-bond acceptors (Lipinski definition) is 5. The summed E-state index contributed by atoms with van der Waals surface area (Å²) in [5.74, 6) is -1.85. The fourth-order valence-corrected chi connectivity index (χ4v) is 2.24. The monoisotopic (exact) mass is 406 g/mol. The summed E-state index contributed by atoms with van der Waals surface area (Å²) in [5, 5.41) is 20.1. The summed E-state index contributed by atoms with van der Waals surface area (Å²) in [5.41, 5.74) is 0.125. The van der Waals surface area contributed by atoms with Gasteiger partial charge in [0.25, 0.3) is 5.84 Å². The van der Waals surface area contributed by atoms with Crippen LogP contribution in [-0.4, -0.2) is 36.6 Å². The minimum absolute atomic E-state index is 0.0917. The Morgan fingerprint density at radius 3 is 2.38 bits per heavy atom. The summed E-state index contributed by atoms with van der Waals surface area (Å²) in [7, 11) is 1.67. The SMILES string of the molecule is CN/C=C\C(=[NH2+])NC(=O)c1cc(Oc2cc(F)cc(F)c2)cc(O[C@@H](C)CO)c1. The molecular formula is C20H22F2N3O4+. The molecule has 0 fully saturated rings. The van der Waals surface area contributed by atoms with E-state index in [0.717, 1.165) is 12.1 Å². The number of hydrogen-bond donors (Lipinski definition) is 4. The third-order valence-electron chi connectivity index (χ3n) is 3.50. The first-order valence-corrected chi connectivity index (χ1v) is 8.65. The van der Waals surface area contributed by atoms with Crippen molar-refractivity contribution in [2.45, 2.75) is 13.0 Å². The van der Waals surface area contributed by atoms with E-state index in [1.807, 2.05) is 0 Å². The minimum atomic E-state index is -0.807. The molecule has 0 saturated carbocycles. The Morgan fingerprint density at radius 2 is 1.76 bits per heavy atom. The van der Waals surface area contributed by atoms with Crippen LogP contribution in [0.4, 0.5) is 8.78 Å². The standard InChI is InChI=1S/C20H21F2N3O4/c1-12(11-26)28-16-5-13(20(27)25-19(23)3-4-24-2)6-17(10-16)29-18-8-14(21)7-15(22)9-18/h3-10,12,24,26H,11H2,1-2H3,(H2,23,25,27)/p+1/b4-3-/t12-/m0/s1. The van der Waals surface area contributed by atoms with Gasteiger partial charge < -0.3 is 19.9 Å². The van der Waals surface area contributed by atoms with Gasteiger partial charge in [0, 0.05) is 43.6 Å². The van der Waals surface area contributed by atoms with E-state index in [9.17, 15) is 18.7 Å². The van der Waals surface area contributed by atoms with Crippen LogP contribution in [-0.2, 0) is 0 Å². The molecule has 2 rings (SSSR count). The number of aliphatic hydroxyl groups excluding tert-OH is 1. The van der Waals surface area contributed by atoms with Crippen LogP contribution in [0.2, 0.25) is 0 Å². The van der Waals surface area contributed by atoms with Crippen molar-refractivity contribution in [3.63, 3.8) is 0 Å². The molecule has 154 valence electrons. The number of nitrogens with two attached hydrogens (primary N) is 1. The molecule has 5 N–H and O–H groups in total. The van der Waals surface area contributed by atoms with E-state index >= 15 is 0 Å². The average molecular weight is 406 g/mol. The molecule has 2 aromatic carbocycles. The van der Waals surface area contributed by atoms with Crippen LogP contribution in [0.1, 0.15) is 17.3 Å². The van der Waals surface area contributed by atoms with Gasteiger partial charge in [-0.15, -0.1) is 0 Å². The lowest BCUT2D eigenvalue weighted by molar-refractivity contribution is -0.115. The molecule has 1 atom stereocenters. The number of halogens is 2. The van der Waals surface area contributed by atoms with Gasteiger partial charge in [-0.05, 0) is 19.1 Å². The first kappa shape index (κ1) is 21.8. The number of ether oxygens (including phenoxy) is 2. The van der Waals surface area contributed by atoms with E-state index in [2.05, 4.69) is 10.6 Å². The van der Waals surface area contributed by atoms with Crippen LogP contribution in [0.5, 0.6) is 17.2 Å². The highest BCUT2D eigenvalue weighted by Gasteiger charge is 2.17. The maximum atomic E-state index is 13.4. The number of benzene rings is 2. The molecule has 0 unspecified atom stereocenters. The normalized spacial score (nSPS) is 11.8. The molecule has 0 aliphatic heterocycles. The Morgan fingerprint density at radius 1 is 1.14 bits per heavy atom. The predicted octanol–water partition coefficient (Wildman–Crippen LogP) is 1.14.